The highest BCUT2D eigenvalue weighted by Crippen LogP contribution is 2.29. The minimum atomic E-state index is -0.774. The SMILES string of the molecule is Cl.N[C@H](c1ccsc1)c1c(F)ccc(Br)c1F. The Kier molecular flexibility index (Phi) is 5.06. The van der Waals surface area contributed by atoms with Crippen LogP contribution in [0.1, 0.15) is 17.2 Å². The monoisotopic (exact) mass is 339 g/mol. The number of hydrogen-bond donors (Lipinski definition) is 1. The van der Waals surface area contributed by atoms with Gasteiger partial charge < -0.3 is 5.73 Å². The third-order valence-corrected chi connectivity index (χ3v) is 3.61. The second-order valence-electron chi connectivity index (χ2n) is 3.29. The lowest BCUT2D eigenvalue weighted by Gasteiger charge is -2.13. The maximum Gasteiger partial charge on any atom is 0.145 e. The van der Waals surface area contributed by atoms with Crippen LogP contribution >= 0.6 is 39.7 Å². The Hall–Kier alpha value is -0.490. The van der Waals surface area contributed by atoms with Crippen molar-refractivity contribution in [2.45, 2.75) is 6.04 Å². The summed E-state index contributed by atoms with van der Waals surface area (Å²) in [5, 5.41) is 3.60. The zero-order valence-electron chi connectivity index (χ0n) is 8.49. The third kappa shape index (κ3) is 2.85. The Balaban J connectivity index is 0.00000144. The van der Waals surface area contributed by atoms with Crippen LogP contribution in [0.5, 0.6) is 0 Å². The van der Waals surface area contributed by atoms with Gasteiger partial charge in [0.1, 0.15) is 11.6 Å². The van der Waals surface area contributed by atoms with Crippen LogP contribution in [0.15, 0.2) is 33.4 Å². The Morgan fingerprint density at radius 3 is 2.53 bits per heavy atom. The quantitative estimate of drug-likeness (QED) is 0.812. The first-order valence-corrected chi connectivity index (χ1v) is 6.26. The molecule has 1 atom stereocenters. The first-order chi connectivity index (χ1) is 7.61. The van der Waals surface area contributed by atoms with Gasteiger partial charge in [0.15, 0.2) is 0 Å². The first kappa shape index (κ1) is 14.6. The summed E-state index contributed by atoms with van der Waals surface area (Å²) in [6.07, 6.45) is 0. The number of nitrogens with two attached hydrogens (primary N) is 1. The maximum atomic E-state index is 13.7. The molecule has 0 saturated carbocycles. The van der Waals surface area contributed by atoms with Gasteiger partial charge in [0.05, 0.1) is 10.5 Å². The maximum absolute atomic E-state index is 13.7. The van der Waals surface area contributed by atoms with Crippen LogP contribution in [-0.2, 0) is 0 Å². The summed E-state index contributed by atoms with van der Waals surface area (Å²) in [7, 11) is 0. The van der Waals surface area contributed by atoms with E-state index in [2.05, 4.69) is 15.9 Å². The summed E-state index contributed by atoms with van der Waals surface area (Å²) in [5.74, 6) is -1.27. The van der Waals surface area contributed by atoms with Crippen molar-refractivity contribution in [1.82, 2.24) is 0 Å². The van der Waals surface area contributed by atoms with Crippen molar-refractivity contribution in [1.29, 1.82) is 0 Å². The zero-order chi connectivity index (χ0) is 11.7. The molecule has 0 bridgehead atoms. The predicted molar refractivity (Wildman–Crippen MR) is 71.7 cm³/mol. The largest absolute Gasteiger partial charge is 0.320 e. The summed E-state index contributed by atoms with van der Waals surface area (Å²) >= 11 is 4.46. The van der Waals surface area contributed by atoms with E-state index in [9.17, 15) is 8.78 Å². The number of hydrogen-bond acceptors (Lipinski definition) is 2. The van der Waals surface area contributed by atoms with Gasteiger partial charge in [0.25, 0.3) is 0 Å². The topological polar surface area (TPSA) is 26.0 Å². The Bertz CT molecular complexity index is 504. The fraction of sp³-hybridized carbons (Fsp3) is 0.0909. The standard InChI is InChI=1S/C11H8BrF2NS.ClH/c12-7-1-2-8(13)9(10(7)14)11(15)6-3-4-16-5-6;/h1-5,11H,15H2;1H/t11-;/m1./s1. The summed E-state index contributed by atoms with van der Waals surface area (Å²) in [4.78, 5) is 0. The Labute approximate surface area is 116 Å². The second-order valence-corrected chi connectivity index (χ2v) is 4.93. The Morgan fingerprint density at radius 2 is 1.94 bits per heavy atom. The van der Waals surface area contributed by atoms with E-state index < -0.39 is 17.7 Å². The van der Waals surface area contributed by atoms with Gasteiger partial charge in [0.2, 0.25) is 0 Å². The highest BCUT2D eigenvalue weighted by Gasteiger charge is 2.20. The van der Waals surface area contributed by atoms with Crippen molar-refractivity contribution >= 4 is 39.7 Å². The van der Waals surface area contributed by atoms with E-state index in [1.165, 1.54) is 23.5 Å². The highest BCUT2D eigenvalue weighted by molar-refractivity contribution is 9.10. The van der Waals surface area contributed by atoms with Gasteiger partial charge in [-0.2, -0.15) is 11.3 Å². The van der Waals surface area contributed by atoms with Crippen molar-refractivity contribution in [2.24, 2.45) is 5.73 Å². The number of rotatable bonds is 2. The average molecular weight is 341 g/mol. The molecule has 0 spiro atoms. The summed E-state index contributed by atoms with van der Waals surface area (Å²) < 4.78 is 27.5. The van der Waals surface area contributed by atoms with Crippen molar-refractivity contribution < 1.29 is 8.78 Å². The van der Waals surface area contributed by atoms with Gasteiger partial charge in [0, 0.05) is 5.56 Å². The summed E-state index contributed by atoms with van der Waals surface area (Å²) in [5.41, 5.74) is 6.44. The molecule has 0 fully saturated rings. The minimum absolute atomic E-state index is 0. The van der Waals surface area contributed by atoms with Gasteiger partial charge in [-0.1, -0.05) is 0 Å². The van der Waals surface area contributed by atoms with Crippen LogP contribution in [0.3, 0.4) is 0 Å². The smallest absolute Gasteiger partial charge is 0.145 e. The fourth-order valence-corrected chi connectivity index (χ4v) is 2.49. The fourth-order valence-electron chi connectivity index (χ4n) is 1.45. The molecule has 1 aromatic carbocycles. The van der Waals surface area contributed by atoms with Crippen molar-refractivity contribution in [3.05, 3.63) is 56.2 Å². The molecule has 1 heterocycles. The molecule has 1 aromatic heterocycles. The summed E-state index contributed by atoms with van der Waals surface area (Å²) in [6.45, 7) is 0. The molecule has 0 amide bonds. The van der Waals surface area contributed by atoms with Crippen LogP contribution in [-0.4, -0.2) is 0 Å². The number of benzene rings is 1. The molecule has 0 aliphatic carbocycles. The van der Waals surface area contributed by atoms with E-state index in [0.717, 1.165) is 0 Å². The van der Waals surface area contributed by atoms with E-state index in [-0.39, 0.29) is 22.4 Å². The van der Waals surface area contributed by atoms with E-state index in [0.29, 0.717) is 5.56 Å². The molecule has 92 valence electrons. The molecule has 2 aromatic rings. The number of thiophene rings is 1. The van der Waals surface area contributed by atoms with Crippen LogP contribution < -0.4 is 5.73 Å². The molecule has 6 heteroatoms. The minimum Gasteiger partial charge on any atom is -0.320 e. The van der Waals surface area contributed by atoms with Crippen LogP contribution in [0.4, 0.5) is 8.78 Å². The van der Waals surface area contributed by atoms with E-state index in [1.54, 1.807) is 11.4 Å². The van der Waals surface area contributed by atoms with E-state index >= 15 is 0 Å². The first-order valence-electron chi connectivity index (χ1n) is 4.52. The van der Waals surface area contributed by atoms with E-state index in [4.69, 9.17) is 5.73 Å². The normalized spacial score (nSPS) is 12.0. The molecular weight excluding hydrogens is 332 g/mol. The molecule has 17 heavy (non-hydrogen) atoms. The number of halogens is 4. The molecule has 2 rings (SSSR count). The van der Waals surface area contributed by atoms with Crippen molar-refractivity contribution in [3.8, 4) is 0 Å². The van der Waals surface area contributed by atoms with Crippen LogP contribution in [0.25, 0.3) is 0 Å². The molecule has 0 unspecified atom stereocenters. The summed E-state index contributed by atoms with van der Waals surface area (Å²) in [6, 6.07) is 3.52. The second kappa shape index (κ2) is 5.91. The van der Waals surface area contributed by atoms with Gasteiger partial charge in [-0.25, -0.2) is 8.78 Å². The molecule has 2 N–H and O–H groups in total. The lowest BCUT2D eigenvalue weighted by Crippen LogP contribution is -2.15. The van der Waals surface area contributed by atoms with Crippen molar-refractivity contribution in [3.63, 3.8) is 0 Å². The third-order valence-electron chi connectivity index (χ3n) is 2.29. The van der Waals surface area contributed by atoms with Crippen molar-refractivity contribution in [2.75, 3.05) is 0 Å². The van der Waals surface area contributed by atoms with Gasteiger partial charge in [-0.05, 0) is 50.5 Å². The molecule has 0 aliphatic rings. The molecule has 0 aliphatic heterocycles. The lowest BCUT2D eigenvalue weighted by molar-refractivity contribution is 0.539. The molecular formula is C11H9BrClF2NS. The predicted octanol–water partition coefficient (Wildman–Crippen LogP) is 4.26. The van der Waals surface area contributed by atoms with Gasteiger partial charge in [-0.3, -0.25) is 0 Å². The molecule has 0 radical (unpaired) electrons. The molecule has 0 saturated heterocycles. The van der Waals surface area contributed by atoms with E-state index in [1.807, 2.05) is 5.38 Å². The lowest BCUT2D eigenvalue weighted by atomic mass is 10.0. The zero-order valence-corrected chi connectivity index (χ0v) is 11.7. The highest BCUT2D eigenvalue weighted by atomic mass is 79.9. The molecule has 1 nitrogen and oxygen atoms in total. The van der Waals surface area contributed by atoms with Crippen LogP contribution in [0.2, 0.25) is 0 Å². The Morgan fingerprint density at radius 1 is 1.24 bits per heavy atom. The van der Waals surface area contributed by atoms with Gasteiger partial charge >= 0.3 is 0 Å². The van der Waals surface area contributed by atoms with Gasteiger partial charge in [-0.15, -0.1) is 12.4 Å². The average Bonchev–Trinajstić information content (AvgIpc) is 2.77. The van der Waals surface area contributed by atoms with Crippen LogP contribution in [0, 0.1) is 11.6 Å².